The lowest BCUT2D eigenvalue weighted by Gasteiger charge is -2.11. The molecular weight excluding hydrogens is 362 g/mol. The van der Waals surface area contributed by atoms with E-state index < -0.39 is 23.6 Å². The number of nitrogens with one attached hydrogen (secondary N) is 1. The van der Waals surface area contributed by atoms with Gasteiger partial charge in [0.2, 0.25) is 0 Å². The maximum atomic E-state index is 13.4. The molecule has 0 aliphatic heterocycles. The molecule has 3 rings (SSSR count). The zero-order valence-corrected chi connectivity index (χ0v) is 13.5. The van der Waals surface area contributed by atoms with Crippen LogP contribution in [0.1, 0.15) is 17.0 Å². The summed E-state index contributed by atoms with van der Waals surface area (Å²) < 4.78 is 79.3. The van der Waals surface area contributed by atoms with Gasteiger partial charge in [-0.1, -0.05) is 0 Å². The second-order valence-corrected chi connectivity index (χ2v) is 5.56. The Labute approximate surface area is 143 Å². The molecule has 0 saturated heterocycles. The van der Waals surface area contributed by atoms with Crippen LogP contribution in [0.2, 0.25) is 0 Å². The largest absolute Gasteiger partial charge is 0.434 e. The number of aromatic nitrogens is 3. The van der Waals surface area contributed by atoms with E-state index in [2.05, 4.69) is 15.4 Å². The van der Waals surface area contributed by atoms with Crippen LogP contribution in [0.5, 0.6) is 0 Å². The molecule has 0 aliphatic carbocycles. The molecule has 2 heterocycles. The van der Waals surface area contributed by atoms with Crippen LogP contribution in [0.4, 0.5) is 32.2 Å². The Morgan fingerprint density at radius 3 is 2.08 bits per heavy atom. The third-order valence-corrected chi connectivity index (χ3v) is 3.73. The Balaban J connectivity index is 2.25. The first kappa shape index (κ1) is 18.0. The van der Waals surface area contributed by atoms with Gasteiger partial charge in [0.25, 0.3) is 0 Å². The van der Waals surface area contributed by atoms with Crippen LogP contribution in [-0.4, -0.2) is 21.8 Å². The number of nitrogens with zero attached hydrogens (tertiary/aromatic N) is 3. The Morgan fingerprint density at radius 1 is 0.962 bits per heavy atom. The van der Waals surface area contributed by atoms with E-state index in [0.717, 1.165) is 28.9 Å². The maximum absolute atomic E-state index is 13.4. The molecule has 4 nitrogen and oxygen atoms in total. The van der Waals surface area contributed by atoms with Crippen LogP contribution >= 0.6 is 0 Å². The van der Waals surface area contributed by atoms with Crippen LogP contribution in [0, 0.1) is 6.92 Å². The highest BCUT2D eigenvalue weighted by molar-refractivity contribution is 5.93. The molecule has 138 valence electrons. The Kier molecular flexibility index (Phi) is 4.08. The van der Waals surface area contributed by atoms with E-state index in [-0.39, 0.29) is 28.1 Å². The van der Waals surface area contributed by atoms with Crippen molar-refractivity contribution in [2.24, 2.45) is 0 Å². The first-order valence-electron chi connectivity index (χ1n) is 7.35. The highest BCUT2D eigenvalue weighted by Gasteiger charge is 2.37. The lowest BCUT2D eigenvalue weighted by atomic mass is 10.2. The van der Waals surface area contributed by atoms with Gasteiger partial charge in [-0.25, -0.2) is 9.67 Å². The molecule has 26 heavy (non-hydrogen) atoms. The lowest BCUT2D eigenvalue weighted by Crippen LogP contribution is -2.10. The predicted octanol–water partition coefficient (Wildman–Crippen LogP) is 4.81. The minimum Gasteiger partial charge on any atom is -0.372 e. The van der Waals surface area contributed by atoms with Gasteiger partial charge in [-0.2, -0.15) is 31.4 Å². The monoisotopic (exact) mass is 374 g/mol. The minimum absolute atomic E-state index is 0.0143. The zero-order valence-electron chi connectivity index (χ0n) is 13.5. The second-order valence-electron chi connectivity index (χ2n) is 5.56. The average Bonchev–Trinajstić information content (AvgIpc) is 2.90. The molecule has 0 spiro atoms. The number of fused-ring (bicyclic) bond motifs is 1. The quantitative estimate of drug-likeness (QED) is 0.655. The highest BCUT2D eigenvalue weighted by Crippen LogP contribution is 2.38. The summed E-state index contributed by atoms with van der Waals surface area (Å²) in [7, 11) is 1.40. The summed E-state index contributed by atoms with van der Waals surface area (Å²) in [4.78, 5) is 3.57. The van der Waals surface area contributed by atoms with Gasteiger partial charge in [0.1, 0.15) is 5.82 Å². The molecule has 0 aliphatic rings. The molecule has 3 aromatic rings. The van der Waals surface area contributed by atoms with Crippen molar-refractivity contribution >= 4 is 16.7 Å². The van der Waals surface area contributed by atoms with Gasteiger partial charge >= 0.3 is 12.4 Å². The molecule has 0 unspecified atom stereocenters. The van der Waals surface area contributed by atoms with Crippen molar-refractivity contribution in [3.63, 3.8) is 0 Å². The number of benzene rings is 1. The molecule has 1 N–H and O–H groups in total. The Bertz CT molecular complexity index is 954. The van der Waals surface area contributed by atoms with E-state index in [1.807, 2.05) is 0 Å². The van der Waals surface area contributed by atoms with E-state index in [0.29, 0.717) is 0 Å². The fourth-order valence-corrected chi connectivity index (χ4v) is 2.65. The van der Waals surface area contributed by atoms with Crippen molar-refractivity contribution in [2.45, 2.75) is 19.3 Å². The minimum atomic E-state index is -4.70. The summed E-state index contributed by atoms with van der Waals surface area (Å²) in [5, 5.41) is 6.50. The molecule has 0 atom stereocenters. The molecule has 0 radical (unpaired) electrons. The first-order valence-corrected chi connectivity index (χ1v) is 7.35. The number of anilines is 1. The Morgan fingerprint density at radius 2 is 1.58 bits per heavy atom. The van der Waals surface area contributed by atoms with Gasteiger partial charge in [-0.3, -0.25) is 0 Å². The average molecular weight is 374 g/mol. The molecule has 0 saturated carbocycles. The van der Waals surface area contributed by atoms with Gasteiger partial charge in [-0.05, 0) is 37.3 Å². The number of hydrogen-bond donors (Lipinski definition) is 1. The SMILES string of the molecule is CNc1c2c(C(F)(F)F)nc(C)cc2nn1-c1ccc(C(F)(F)F)cc1. The Hall–Kier alpha value is -2.78. The number of alkyl halides is 6. The van der Waals surface area contributed by atoms with Gasteiger partial charge in [0.15, 0.2) is 5.69 Å². The third-order valence-electron chi connectivity index (χ3n) is 3.73. The van der Waals surface area contributed by atoms with Crippen LogP contribution in [0.15, 0.2) is 30.3 Å². The molecule has 0 fully saturated rings. The highest BCUT2D eigenvalue weighted by atomic mass is 19.4. The summed E-state index contributed by atoms with van der Waals surface area (Å²) >= 11 is 0. The number of aryl methyl sites for hydroxylation is 1. The molecule has 10 heteroatoms. The van der Waals surface area contributed by atoms with Gasteiger partial charge in [-0.15, -0.1) is 0 Å². The van der Waals surface area contributed by atoms with E-state index in [1.54, 1.807) is 0 Å². The van der Waals surface area contributed by atoms with Crippen molar-refractivity contribution in [1.29, 1.82) is 0 Å². The van der Waals surface area contributed by atoms with E-state index in [1.165, 1.54) is 20.0 Å². The van der Waals surface area contributed by atoms with Gasteiger partial charge < -0.3 is 5.32 Å². The summed E-state index contributed by atoms with van der Waals surface area (Å²) in [5.74, 6) is -0.0143. The molecule has 1 aromatic carbocycles. The van der Waals surface area contributed by atoms with Crippen LogP contribution in [-0.2, 0) is 12.4 Å². The molecule has 0 amide bonds. The van der Waals surface area contributed by atoms with Gasteiger partial charge in [0, 0.05) is 12.7 Å². The van der Waals surface area contributed by atoms with Crippen LogP contribution in [0.25, 0.3) is 16.6 Å². The topological polar surface area (TPSA) is 42.7 Å². The van der Waals surface area contributed by atoms with Crippen LogP contribution < -0.4 is 5.32 Å². The van der Waals surface area contributed by atoms with Crippen molar-refractivity contribution in [3.8, 4) is 5.69 Å². The first-order chi connectivity index (χ1) is 12.0. The van der Waals surface area contributed by atoms with Crippen molar-refractivity contribution in [3.05, 3.63) is 47.3 Å². The lowest BCUT2D eigenvalue weighted by molar-refractivity contribution is -0.140. The van der Waals surface area contributed by atoms with Crippen LogP contribution in [0.3, 0.4) is 0 Å². The zero-order chi connectivity index (χ0) is 19.3. The number of pyridine rings is 1. The van der Waals surface area contributed by atoms with Crippen molar-refractivity contribution < 1.29 is 26.3 Å². The molecule has 2 aromatic heterocycles. The second kappa shape index (κ2) is 5.89. The summed E-state index contributed by atoms with van der Waals surface area (Å²) in [6.07, 6.45) is -9.21. The van der Waals surface area contributed by atoms with Crippen molar-refractivity contribution in [1.82, 2.24) is 14.8 Å². The molecular formula is C16H12F6N4. The summed E-state index contributed by atoms with van der Waals surface area (Å²) in [6, 6.07) is 5.35. The van der Waals surface area contributed by atoms with E-state index >= 15 is 0 Å². The van der Waals surface area contributed by atoms with Crippen molar-refractivity contribution in [2.75, 3.05) is 12.4 Å². The van der Waals surface area contributed by atoms with Gasteiger partial charge in [0.05, 0.1) is 22.2 Å². The third kappa shape index (κ3) is 3.06. The smallest absolute Gasteiger partial charge is 0.372 e. The predicted molar refractivity (Wildman–Crippen MR) is 83.2 cm³/mol. The fourth-order valence-electron chi connectivity index (χ4n) is 2.65. The number of rotatable bonds is 2. The summed E-state index contributed by atoms with van der Waals surface area (Å²) in [6.45, 7) is 1.41. The van der Waals surface area contributed by atoms with E-state index in [4.69, 9.17) is 0 Å². The normalized spacial score (nSPS) is 12.6. The number of hydrogen-bond acceptors (Lipinski definition) is 3. The maximum Gasteiger partial charge on any atom is 0.434 e. The fraction of sp³-hybridized carbons (Fsp3) is 0.250. The summed E-state index contributed by atoms with van der Waals surface area (Å²) in [5.41, 5.74) is -1.62. The number of halogens is 6. The van der Waals surface area contributed by atoms with E-state index in [9.17, 15) is 26.3 Å². The standard InChI is InChI=1S/C16H12F6N4/c1-8-7-11-12(13(24-8)16(20,21)22)14(23-2)26(25-11)10-5-3-9(4-6-10)15(17,18)19/h3-7,23H,1-2H3. The molecule has 0 bridgehead atoms.